The fourth-order valence-electron chi connectivity index (χ4n) is 1.80. The molecular formula is C14H11BrF2O. The summed E-state index contributed by atoms with van der Waals surface area (Å²) in [5, 5.41) is 10.1. The first-order chi connectivity index (χ1) is 8.50. The Bertz CT molecular complexity index is 584. The minimum atomic E-state index is -1.32. The van der Waals surface area contributed by atoms with E-state index in [1.54, 1.807) is 18.2 Å². The monoisotopic (exact) mass is 312 g/mol. The highest BCUT2D eigenvalue weighted by atomic mass is 79.9. The molecule has 4 heteroatoms. The van der Waals surface area contributed by atoms with Crippen molar-refractivity contribution in [3.63, 3.8) is 0 Å². The molecule has 1 nitrogen and oxygen atoms in total. The summed E-state index contributed by atoms with van der Waals surface area (Å²) >= 11 is 2.98. The lowest BCUT2D eigenvalue weighted by Crippen LogP contribution is -2.06. The van der Waals surface area contributed by atoms with Gasteiger partial charge in [-0.1, -0.05) is 29.8 Å². The average Bonchev–Trinajstić information content (AvgIpc) is 2.34. The van der Waals surface area contributed by atoms with Gasteiger partial charge >= 0.3 is 0 Å². The van der Waals surface area contributed by atoms with Crippen LogP contribution < -0.4 is 0 Å². The summed E-state index contributed by atoms with van der Waals surface area (Å²) in [5.74, 6) is -1.53. The van der Waals surface area contributed by atoms with Crippen LogP contribution in [0.25, 0.3) is 0 Å². The second kappa shape index (κ2) is 5.16. The highest BCUT2D eigenvalue weighted by molar-refractivity contribution is 9.10. The lowest BCUT2D eigenvalue weighted by atomic mass is 9.99. The lowest BCUT2D eigenvalue weighted by molar-refractivity contribution is 0.208. The van der Waals surface area contributed by atoms with Crippen LogP contribution in [-0.2, 0) is 0 Å². The molecule has 0 bridgehead atoms. The number of hydrogen-bond acceptors (Lipinski definition) is 1. The van der Waals surface area contributed by atoms with Gasteiger partial charge in [0, 0.05) is 0 Å². The SMILES string of the molecule is Cc1cccc(C(O)c2c(F)ccc(Br)c2F)c1. The predicted molar refractivity (Wildman–Crippen MR) is 69.3 cm³/mol. The van der Waals surface area contributed by atoms with E-state index in [2.05, 4.69) is 15.9 Å². The maximum absolute atomic E-state index is 13.9. The van der Waals surface area contributed by atoms with Gasteiger partial charge in [0.15, 0.2) is 0 Å². The van der Waals surface area contributed by atoms with Gasteiger partial charge in [-0.2, -0.15) is 0 Å². The Morgan fingerprint density at radius 1 is 1.17 bits per heavy atom. The van der Waals surface area contributed by atoms with Crippen molar-refractivity contribution in [2.45, 2.75) is 13.0 Å². The van der Waals surface area contributed by atoms with Gasteiger partial charge in [0.25, 0.3) is 0 Å². The summed E-state index contributed by atoms with van der Waals surface area (Å²) < 4.78 is 27.6. The molecule has 94 valence electrons. The number of aryl methyl sites for hydroxylation is 1. The molecule has 0 saturated carbocycles. The van der Waals surface area contributed by atoms with Crippen molar-refractivity contribution in [2.24, 2.45) is 0 Å². The molecule has 0 fully saturated rings. The molecule has 0 radical (unpaired) electrons. The Morgan fingerprint density at radius 2 is 1.89 bits per heavy atom. The number of halogens is 3. The van der Waals surface area contributed by atoms with Crippen LogP contribution in [0.3, 0.4) is 0 Å². The first-order valence-corrected chi connectivity index (χ1v) is 6.18. The van der Waals surface area contributed by atoms with Gasteiger partial charge in [-0.3, -0.25) is 0 Å². The van der Waals surface area contributed by atoms with Crippen LogP contribution in [0.5, 0.6) is 0 Å². The van der Waals surface area contributed by atoms with E-state index in [1.165, 1.54) is 6.07 Å². The van der Waals surface area contributed by atoms with Gasteiger partial charge in [-0.05, 0) is 40.5 Å². The van der Waals surface area contributed by atoms with Crippen LogP contribution in [0.2, 0.25) is 0 Å². The lowest BCUT2D eigenvalue weighted by Gasteiger charge is -2.14. The van der Waals surface area contributed by atoms with Gasteiger partial charge in [0.05, 0.1) is 10.0 Å². The fourth-order valence-corrected chi connectivity index (χ4v) is 2.15. The minimum absolute atomic E-state index is 0.130. The topological polar surface area (TPSA) is 20.2 Å². The van der Waals surface area contributed by atoms with E-state index in [0.717, 1.165) is 11.6 Å². The Balaban J connectivity index is 2.52. The van der Waals surface area contributed by atoms with Gasteiger partial charge in [-0.25, -0.2) is 8.78 Å². The quantitative estimate of drug-likeness (QED) is 0.827. The second-order valence-electron chi connectivity index (χ2n) is 4.07. The first-order valence-electron chi connectivity index (χ1n) is 5.38. The zero-order valence-electron chi connectivity index (χ0n) is 9.62. The number of aliphatic hydroxyl groups is 1. The third-order valence-corrected chi connectivity index (χ3v) is 3.32. The van der Waals surface area contributed by atoms with Gasteiger partial charge in [-0.15, -0.1) is 0 Å². The molecule has 0 spiro atoms. The summed E-state index contributed by atoms with van der Waals surface area (Å²) in [5.41, 5.74) is 1.04. The molecule has 0 aromatic heterocycles. The molecule has 0 aliphatic rings. The van der Waals surface area contributed by atoms with Gasteiger partial charge < -0.3 is 5.11 Å². The molecule has 0 saturated heterocycles. The van der Waals surface area contributed by atoms with E-state index in [-0.39, 0.29) is 10.0 Å². The zero-order valence-corrected chi connectivity index (χ0v) is 11.2. The Kier molecular flexibility index (Phi) is 3.78. The summed E-state index contributed by atoms with van der Waals surface area (Å²) in [4.78, 5) is 0. The smallest absolute Gasteiger partial charge is 0.146 e. The fraction of sp³-hybridized carbons (Fsp3) is 0.143. The number of benzene rings is 2. The molecule has 0 aliphatic heterocycles. The van der Waals surface area contributed by atoms with Crippen LogP contribution in [0.1, 0.15) is 22.8 Å². The zero-order chi connectivity index (χ0) is 13.3. The Labute approximate surface area is 112 Å². The van der Waals surface area contributed by atoms with Crippen molar-refractivity contribution in [1.82, 2.24) is 0 Å². The van der Waals surface area contributed by atoms with Gasteiger partial charge in [0.1, 0.15) is 17.7 Å². The summed E-state index contributed by atoms with van der Waals surface area (Å²) in [6.07, 6.45) is -1.32. The summed E-state index contributed by atoms with van der Waals surface area (Å²) in [6, 6.07) is 9.33. The van der Waals surface area contributed by atoms with Crippen molar-refractivity contribution in [3.8, 4) is 0 Å². The first kappa shape index (κ1) is 13.2. The van der Waals surface area contributed by atoms with Crippen molar-refractivity contribution < 1.29 is 13.9 Å². The molecule has 2 aromatic rings. The molecule has 1 N–H and O–H groups in total. The van der Waals surface area contributed by atoms with Gasteiger partial charge in [0.2, 0.25) is 0 Å². The predicted octanol–water partition coefficient (Wildman–Crippen LogP) is 4.12. The van der Waals surface area contributed by atoms with E-state index in [0.29, 0.717) is 5.56 Å². The number of hydrogen-bond donors (Lipinski definition) is 1. The Hall–Kier alpha value is -1.26. The molecule has 0 aliphatic carbocycles. The van der Waals surface area contributed by atoms with Crippen LogP contribution in [0, 0.1) is 18.6 Å². The van der Waals surface area contributed by atoms with Crippen LogP contribution in [-0.4, -0.2) is 5.11 Å². The van der Waals surface area contributed by atoms with E-state index >= 15 is 0 Å². The molecule has 18 heavy (non-hydrogen) atoms. The second-order valence-corrected chi connectivity index (χ2v) is 4.93. The van der Waals surface area contributed by atoms with E-state index in [9.17, 15) is 13.9 Å². The van der Waals surface area contributed by atoms with Crippen molar-refractivity contribution >= 4 is 15.9 Å². The minimum Gasteiger partial charge on any atom is -0.383 e. The normalized spacial score (nSPS) is 12.5. The number of rotatable bonds is 2. The molecule has 2 rings (SSSR count). The largest absolute Gasteiger partial charge is 0.383 e. The highest BCUT2D eigenvalue weighted by Crippen LogP contribution is 2.30. The van der Waals surface area contributed by atoms with Crippen LogP contribution >= 0.6 is 15.9 Å². The maximum Gasteiger partial charge on any atom is 0.146 e. The standard InChI is InChI=1S/C14H11BrF2O/c1-8-3-2-4-9(7-8)14(18)12-11(16)6-5-10(15)13(12)17/h2-7,14,18H,1H3. The Morgan fingerprint density at radius 3 is 2.56 bits per heavy atom. The molecular weight excluding hydrogens is 302 g/mol. The molecule has 1 unspecified atom stereocenters. The number of aliphatic hydroxyl groups excluding tert-OH is 1. The van der Waals surface area contributed by atoms with Crippen molar-refractivity contribution in [3.05, 3.63) is 69.2 Å². The van der Waals surface area contributed by atoms with Crippen molar-refractivity contribution in [2.75, 3.05) is 0 Å². The molecule has 0 amide bonds. The summed E-state index contributed by atoms with van der Waals surface area (Å²) in [7, 11) is 0. The van der Waals surface area contributed by atoms with E-state index in [4.69, 9.17) is 0 Å². The average molecular weight is 313 g/mol. The van der Waals surface area contributed by atoms with Crippen LogP contribution in [0.15, 0.2) is 40.9 Å². The van der Waals surface area contributed by atoms with E-state index < -0.39 is 17.7 Å². The molecule has 2 aromatic carbocycles. The summed E-state index contributed by atoms with van der Waals surface area (Å²) in [6.45, 7) is 1.85. The third kappa shape index (κ3) is 2.44. The van der Waals surface area contributed by atoms with Crippen LogP contribution in [0.4, 0.5) is 8.78 Å². The molecule has 1 atom stereocenters. The highest BCUT2D eigenvalue weighted by Gasteiger charge is 2.21. The maximum atomic E-state index is 13.9. The van der Waals surface area contributed by atoms with E-state index in [1.807, 2.05) is 13.0 Å². The molecule has 0 heterocycles. The third-order valence-electron chi connectivity index (χ3n) is 2.71. The van der Waals surface area contributed by atoms with Crippen molar-refractivity contribution in [1.29, 1.82) is 0 Å².